The van der Waals surface area contributed by atoms with E-state index in [2.05, 4.69) is 5.48 Å². The average Bonchev–Trinajstić information content (AvgIpc) is 3.33. The minimum absolute atomic E-state index is 0.199. The Kier molecular flexibility index (Phi) is 3.50. The van der Waals surface area contributed by atoms with Gasteiger partial charge in [-0.15, -0.1) is 0 Å². The van der Waals surface area contributed by atoms with E-state index in [0.29, 0.717) is 6.61 Å². The van der Waals surface area contributed by atoms with Crippen LogP contribution in [0.5, 0.6) is 0 Å². The lowest BCUT2D eigenvalue weighted by Crippen LogP contribution is -2.50. The fourth-order valence-corrected chi connectivity index (χ4v) is 4.92. The molecule has 2 saturated carbocycles. The van der Waals surface area contributed by atoms with Gasteiger partial charge in [0.05, 0.1) is 12.6 Å². The molecule has 130 valence electrons. The lowest BCUT2D eigenvalue weighted by Gasteiger charge is -2.30. The summed E-state index contributed by atoms with van der Waals surface area (Å²) in [7, 11) is 0. The van der Waals surface area contributed by atoms with Crippen LogP contribution in [0.25, 0.3) is 0 Å². The minimum atomic E-state index is -0.505. The molecule has 2 aliphatic carbocycles. The smallest absolute Gasteiger partial charge is 0.189 e. The summed E-state index contributed by atoms with van der Waals surface area (Å²) in [4.78, 5) is 0. The minimum Gasteiger partial charge on any atom is -0.347 e. The van der Waals surface area contributed by atoms with Gasteiger partial charge in [0.2, 0.25) is 0 Å². The van der Waals surface area contributed by atoms with Crippen molar-refractivity contribution in [2.75, 3.05) is 6.61 Å². The maximum Gasteiger partial charge on any atom is 0.189 e. The number of fused-ring (bicyclic) bond motifs is 1. The molecule has 7 heteroatoms. The highest BCUT2D eigenvalue weighted by molar-refractivity contribution is 5.03. The van der Waals surface area contributed by atoms with E-state index in [1.807, 2.05) is 0 Å². The van der Waals surface area contributed by atoms with Crippen molar-refractivity contribution in [1.29, 1.82) is 0 Å². The Morgan fingerprint density at radius 1 is 0.826 bits per heavy atom. The van der Waals surface area contributed by atoms with E-state index in [4.69, 9.17) is 23.7 Å². The first-order valence-electron chi connectivity index (χ1n) is 8.95. The van der Waals surface area contributed by atoms with Gasteiger partial charge in [0.15, 0.2) is 17.9 Å². The van der Waals surface area contributed by atoms with Gasteiger partial charge < -0.3 is 28.9 Å². The summed E-state index contributed by atoms with van der Waals surface area (Å²) in [6.45, 7) is 0.493. The molecular formula is C16H25NO6. The predicted octanol–water partition coefficient (Wildman–Crippen LogP) is 1.43. The molecule has 5 atom stereocenters. The summed E-state index contributed by atoms with van der Waals surface area (Å²) < 4.78 is 30.5. The van der Waals surface area contributed by atoms with Gasteiger partial charge in [-0.25, -0.2) is 0 Å². The second-order valence-electron chi connectivity index (χ2n) is 7.53. The van der Waals surface area contributed by atoms with Crippen molar-refractivity contribution in [1.82, 2.24) is 5.48 Å². The third-order valence-electron chi connectivity index (χ3n) is 6.07. The van der Waals surface area contributed by atoms with Crippen LogP contribution in [0, 0.1) is 0 Å². The van der Waals surface area contributed by atoms with Gasteiger partial charge in [-0.05, 0) is 25.7 Å². The molecule has 23 heavy (non-hydrogen) atoms. The summed E-state index contributed by atoms with van der Waals surface area (Å²) in [6, 6.07) is -0.356. The monoisotopic (exact) mass is 327 g/mol. The second kappa shape index (κ2) is 5.36. The molecule has 2 N–H and O–H groups in total. The van der Waals surface area contributed by atoms with Gasteiger partial charge >= 0.3 is 0 Å². The quantitative estimate of drug-likeness (QED) is 0.743. The summed E-state index contributed by atoms with van der Waals surface area (Å²) in [6.07, 6.45) is 6.93. The van der Waals surface area contributed by atoms with E-state index in [9.17, 15) is 5.21 Å². The van der Waals surface area contributed by atoms with Crippen LogP contribution in [-0.4, -0.2) is 54.0 Å². The topological polar surface area (TPSA) is 78.4 Å². The lowest BCUT2D eigenvalue weighted by atomic mass is 10.0. The van der Waals surface area contributed by atoms with Crippen molar-refractivity contribution in [3.8, 4) is 0 Å². The molecule has 0 aromatic rings. The van der Waals surface area contributed by atoms with Crippen molar-refractivity contribution in [2.45, 2.75) is 93.6 Å². The van der Waals surface area contributed by atoms with Gasteiger partial charge in [-0.3, -0.25) is 0 Å². The SMILES string of the molecule is ON[C@H]1[C@H]2OC3(CCCC3)O[C@H]2O[C@@H]1C1COC2(CCCC2)O1. The van der Waals surface area contributed by atoms with E-state index in [1.54, 1.807) is 0 Å². The van der Waals surface area contributed by atoms with Crippen LogP contribution in [0.1, 0.15) is 51.4 Å². The molecule has 3 heterocycles. The third-order valence-corrected chi connectivity index (χ3v) is 6.07. The molecule has 3 aliphatic heterocycles. The zero-order chi connectivity index (χ0) is 15.5. The first kappa shape index (κ1) is 15.0. The maximum atomic E-state index is 9.67. The van der Waals surface area contributed by atoms with Crippen LogP contribution in [0.3, 0.4) is 0 Å². The Balaban J connectivity index is 1.30. The molecule has 0 amide bonds. The molecule has 3 saturated heterocycles. The molecule has 0 radical (unpaired) electrons. The Labute approximate surface area is 135 Å². The molecule has 5 aliphatic rings. The summed E-state index contributed by atoms with van der Waals surface area (Å²) in [5, 5.41) is 9.67. The Morgan fingerprint density at radius 2 is 1.52 bits per heavy atom. The molecule has 5 rings (SSSR count). The fraction of sp³-hybridized carbons (Fsp3) is 1.00. The zero-order valence-electron chi connectivity index (χ0n) is 13.2. The van der Waals surface area contributed by atoms with E-state index in [0.717, 1.165) is 51.4 Å². The van der Waals surface area contributed by atoms with E-state index >= 15 is 0 Å². The third kappa shape index (κ3) is 2.29. The van der Waals surface area contributed by atoms with Crippen LogP contribution in [0.2, 0.25) is 0 Å². The van der Waals surface area contributed by atoms with E-state index in [1.165, 1.54) is 0 Å². The molecular weight excluding hydrogens is 302 g/mol. The lowest BCUT2D eigenvalue weighted by molar-refractivity contribution is -0.240. The number of ether oxygens (including phenoxy) is 5. The highest BCUT2D eigenvalue weighted by atomic mass is 16.8. The first-order valence-corrected chi connectivity index (χ1v) is 8.95. The Morgan fingerprint density at radius 3 is 2.22 bits per heavy atom. The summed E-state index contributed by atoms with van der Waals surface area (Å²) in [5.41, 5.74) is 2.38. The van der Waals surface area contributed by atoms with Crippen molar-refractivity contribution >= 4 is 0 Å². The average molecular weight is 327 g/mol. The van der Waals surface area contributed by atoms with Crippen molar-refractivity contribution < 1.29 is 28.9 Å². The molecule has 0 aromatic carbocycles. The number of nitrogens with one attached hydrogen (secondary N) is 1. The molecule has 2 spiro atoms. The summed E-state index contributed by atoms with van der Waals surface area (Å²) in [5.74, 6) is -0.935. The van der Waals surface area contributed by atoms with E-state index in [-0.39, 0.29) is 24.4 Å². The maximum absolute atomic E-state index is 9.67. The van der Waals surface area contributed by atoms with Gasteiger partial charge in [0, 0.05) is 25.7 Å². The normalized spacial score (nSPS) is 47.1. The number of hydrogen-bond donors (Lipinski definition) is 2. The number of rotatable bonds is 2. The van der Waals surface area contributed by atoms with Crippen molar-refractivity contribution in [3.05, 3.63) is 0 Å². The van der Waals surface area contributed by atoms with Crippen molar-refractivity contribution in [2.24, 2.45) is 0 Å². The van der Waals surface area contributed by atoms with Gasteiger partial charge in [0.25, 0.3) is 0 Å². The zero-order valence-corrected chi connectivity index (χ0v) is 13.2. The fourth-order valence-electron chi connectivity index (χ4n) is 4.92. The second-order valence-corrected chi connectivity index (χ2v) is 7.53. The summed E-state index contributed by atoms with van der Waals surface area (Å²) >= 11 is 0. The number of hydroxylamine groups is 1. The first-order chi connectivity index (χ1) is 11.2. The molecule has 1 unspecified atom stereocenters. The van der Waals surface area contributed by atoms with Crippen LogP contribution in [0.15, 0.2) is 0 Å². The van der Waals surface area contributed by atoms with Crippen LogP contribution in [0.4, 0.5) is 0 Å². The molecule has 0 bridgehead atoms. The van der Waals surface area contributed by atoms with E-state index < -0.39 is 17.9 Å². The predicted molar refractivity (Wildman–Crippen MR) is 76.6 cm³/mol. The standard InChI is InChI=1S/C16H25NO6/c18-17-11-12(10-9-19-15(21-10)5-1-2-6-15)20-14-13(11)22-16(23-14)7-3-4-8-16/h10-14,17-18H,1-9H2/t10?,11-,12-,13-,14-/m1/s1. The van der Waals surface area contributed by atoms with Crippen LogP contribution < -0.4 is 5.48 Å². The molecule has 5 fully saturated rings. The Hall–Kier alpha value is -0.280. The highest BCUT2D eigenvalue weighted by Crippen LogP contribution is 2.48. The molecule has 0 aromatic heterocycles. The molecule has 7 nitrogen and oxygen atoms in total. The Bertz CT molecular complexity index is 461. The van der Waals surface area contributed by atoms with Crippen molar-refractivity contribution in [3.63, 3.8) is 0 Å². The van der Waals surface area contributed by atoms with Gasteiger partial charge in [0.1, 0.15) is 18.3 Å². The van der Waals surface area contributed by atoms with Crippen LogP contribution in [-0.2, 0) is 23.7 Å². The highest BCUT2D eigenvalue weighted by Gasteiger charge is 2.61. The van der Waals surface area contributed by atoms with Gasteiger partial charge in [-0.1, -0.05) is 0 Å². The van der Waals surface area contributed by atoms with Crippen LogP contribution >= 0.6 is 0 Å². The van der Waals surface area contributed by atoms with Gasteiger partial charge in [-0.2, -0.15) is 5.48 Å². The number of hydrogen-bond acceptors (Lipinski definition) is 7. The largest absolute Gasteiger partial charge is 0.347 e.